The van der Waals surface area contributed by atoms with E-state index in [2.05, 4.69) is 27.8 Å². The number of aromatic amines is 1. The van der Waals surface area contributed by atoms with E-state index in [0.717, 1.165) is 10.9 Å². The smallest absolute Gasteiger partial charge is 0.271 e. The van der Waals surface area contributed by atoms with Gasteiger partial charge in [-0.25, -0.2) is 0 Å². The minimum atomic E-state index is -0.751. The van der Waals surface area contributed by atoms with E-state index < -0.39 is 12.1 Å². The molecule has 36 heavy (non-hydrogen) atoms. The summed E-state index contributed by atoms with van der Waals surface area (Å²) in [7, 11) is 1.58. The molecule has 1 aromatic heterocycles. The number of benzene rings is 1. The Morgan fingerprint density at radius 2 is 2.11 bits per heavy atom. The molecular formula is C27H32N4O5. The number of methoxy groups -OCH3 is 1. The Hall–Kier alpha value is -3.62. The molecule has 2 aliphatic heterocycles. The number of amides is 3. The van der Waals surface area contributed by atoms with E-state index in [9.17, 15) is 19.2 Å². The predicted octanol–water partition coefficient (Wildman–Crippen LogP) is 2.18. The summed E-state index contributed by atoms with van der Waals surface area (Å²) >= 11 is 0. The van der Waals surface area contributed by atoms with Crippen molar-refractivity contribution in [2.45, 2.75) is 44.7 Å². The molecule has 2 fully saturated rings. The van der Waals surface area contributed by atoms with E-state index in [1.165, 1.54) is 0 Å². The maximum Gasteiger partial charge on any atom is 0.271 e. The van der Waals surface area contributed by atoms with Crippen LogP contribution in [0.25, 0.3) is 10.9 Å². The number of ether oxygens (including phenoxy) is 1. The number of hydrogen-bond donors (Lipinski definition) is 3. The molecule has 3 amide bonds. The summed E-state index contributed by atoms with van der Waals surface area (Å²) in [4.78, 5) is 57.0. The number of fused-ring (bicyclic) bond motifs is 2. The largest absolute Gasteiger partial charge is 0.496 e. The van der Waals surface area contributed by atoms with Gasteiger partial charge in [-0.3, -0.25) is 19.2 Å². The van der Waals surface area contributed by atoms with Crippen molar-refractivity contribution >= 4 is 34.4 Å². The molecule has 3 aliphatic rings. The molecule has 0 unspecified atom stereocenters. The SMILES string of the molecule is CCC(=O)[C@H](C[C@@H]1CCNC1=O)NC(=O)[C@@H]1[C@H]2CC=C[C@H]2CN1C(=O)c1cc2c(OC)cccc2[nH]1. The van der Waals surface area contributed by atoms with Crippen LogP contribution >= 0.6 is 0 Å². The van der Waals surface area contributed by atoms with Gasteiger partial charge in [-0.15, -0.1) is 0 Å². The van der Waals surface area contributed by atoms with Crippen molar-refractivity contribution in [3.05, 3.63) is 42.1 Å². The number of rotatable bonds is 8. The van der Waals surface area contributed by atoms with Crippen LogP contribution in [0.3, 0.4) is 0 Å². The molecule has 9 nitrogen and oxygen atoms in total. The van der Waals surface area contributed by atoms with Crippen molar-refractivity contribution in [1.82, 2.24) is 20.5 Å². The zero-order chi connectivity index (χ0) is 25.4. The molecule has 1 aliphatic carbocycles. The van der Waals surface area contributed by atoms with Gasteiger partial charge in [0.2, 0.25) is 11.8 Å². The third kappa shape index (κ3) is 4.27. The van der Waals surface area contributed by atoms with Gasteiger partial charge in [-0.1, -0.05) is 25.1 Å². The molecule has 0 bridgehead atoms. The molecule has 0 spiro atoms. The molecule has 3 heterocycles. The van der Waals surface area contributed by atoms with Gasteiger partial charge in [0.15, 0.2) is 5.78 Å². The number of allylic oxidation sites excluding steroid dienone is 1. The maximum atomic E-state index is 13.7. The fourth-order valence-electron chi connectivity index (χ4n) is 5.91. The van der Waals surface area contributed by atoms with Crippen LogP contribution in [0.1, 0.15) is 43.1 Å². The number of nitrogens with one attached hydrogen (secondary N) is 3. The van der Waals surface area contributed by atoms with E-state index in [4.69, 9.17) is 4.74 Å². The second kappa shape index (κ2) is 9.79. The molecule has 190 valence electrons. The van der Waals surface area contributed by atoms with Crippen LogP contribution in [0.15, 0.2) is 36.4 Å². The topological polar surface area (TPSA) is 121 Å². The van der Waals surface area contributed by atoms with E-state index in [1.54, 1.807) is 25.0 Å². The molecule has 9 heteroatoms. The summed E-state index contributed by atoms with van der Waals surface area (Å²) in [5.74, 6) is -0.370. The molecular weight excluding hydrogens is 460 g/mol. The van der Waals surface area contributed by atoms with Crippen LogP contribution in [0.2, 0.25) is 0 Å². The zero-order valence-electron chi connectivity index (χ0n) is 20.6. The first-order chi connectivity index (χ1) is 17.4. The van der Waals surface area contributed by atoms with E-state index >= 15 is 0 Å². The summed E-state index contributed by atoms with van der Waals surface area (Å²) in [6.45, 7) is 2.77. The highest BCUT2D eigenvalue weighted by Gasteiger charge is 2.49. The Morgan fingerprint density at radius 1 is 1.28 bits per heavy atom. The number of likely N-dealkylation sites (tertiary alicyclic amines) is 1. The number of H-pyrrole nitrogens is 1. The second-order valence-corrected chi connectivity index (χ2v) is 9.89. The van der Waals surface area contributed by atoms with Crippen molar-refractivity contribution in [2.24, 2.45) is 17.8 Å². The van der Waals surface area contributed by atoms with Crippen LogP contribution in [0, 0.1) is 17.8 Å². The summed E-state index contributed by atoms with van der Waals surface area (Å²) in [5, 5.41) is 6.52. The van der Waals surface area contributed by atoms with Crippen LogP contribution in [0.5, 0.6) is 5.75 Å². The number of carbonyl (C=O) groups excluding carboxylic acids is 4. The van der Waals surface area contributed by atoms with Gasteiger partial charge < -0.3 is 25.3 Å². The Bertz CT molecular complexity index is 1230. The fourth-order valence-corrected chi connectivity index (χ4v) is 5.91. The standard InChI is InChI=1S/C27H32N4O5/c1-3-22(32)20(12-15-10-11-28-25(15)33)30-26(34)24-17-7-4-6-16(17)14-31(24)27(35)21-13-18-19(29-21)8-5-9-23(18)36-2/h4-6,8-9,13,15-17,20,24,29H,3,7,10-12,14H2,1-2H3,(H,28,33)(H,30,34)/t15-,16-,17-,20-,24-/m0/s1. The Kier molecular flexibility index (Phi) is 6.55. The summed E-state index contributed by atoms with van der Waals surface area (Å²) < 4.78 is 5.43. The zero-order valence-corrected chi connectivity index (χ0v) is 20.6. The minimum Gasteiger partial charge on any atom is -0.496 e. The Balaban J connectivity index is 1.40. The highest BCUT2D eigenvalue weighted by atomic mass is 16.5. The maximum absolute atomic E-state index is 13.7. The van der Waals surface area contributed by atoms with Crippen LogP contribution in [0.4, 0.5) is 0 Å². The van der Waals surface area contributed by atoms with Crippen molar-refractivity contribution in [3.8, 4) is 5.75 Å². The van der Waals surface area contributed by atoms with Crippen LogP contribution in [-0.4, -0.2) is 65.7 Å². The number of nitrogens with zero attached hydrogens (tertiary/aromatic N) is 1. The third-order valence-electron chi connectivity index (χ3n) is 7.83. The normalized spacial score (nSPS) is 25.6. The van der Waals surface area contributed by atoms with Gasteiger partial charge in [0.1, 0.15) is 17.5 Å². The Labute approximate surface area is 209 Å². The molecule has 2 aromatic rings. The highest BCUT2D eigenvalue weighted by molar-refractivity contribution is 6.02. The predicted molar refractivity (Wildman–Crippen MR) is 133 cm³/mol. The van der Waals surface area contributed by atoms with Gasteiger partial charge in [0.05, 0.1) is 13.2 Å². The van der Waals surface area contributed by atoms with Gasteiger partial charge in [0.25, 0.3) is 5.91 Å². The lowest BCUT2D eigenvalue weighted by Crippen LogP contribution is -2.53. The summed E-state index contributed by atoms with van der Waals surface area (Å²) in [5.41, 5.74) is 1.17. The number of hydrogen-bond acceptors (Lipinski definition) is 5. The quantitative estimate of drug-likeness (QED) is 0.488. The van der Waals surface area contributed by atoms with Crippen molar-refractivity contribution in [1.29, 1.82) is 0 Å². The van der Waals surface area contributed by atoms with Gasteiger partial charge >= 0.3 is 0 Å². The highest BCUT2D eigenvalue weighted by Crippen LogP contribution is 2.39. The first kappa shape index (κ1) is 24.1. The third-order valence-corrected chi connectivity index (χ3v) is 7.83. The minimum absolute atomic E-state index is 0.0416. The van der Waals surface area contributed by atoms with Crippen molar-refractivity contribution in [3.63, 3.8) is 0 Å². The number of Topliss-reactive ketones (excluding diaryl/α,β-unsaturated/α-hetero) is 1. The van der Waals surface area contributed by atoms with Crippen molar-refractivity contribution in [2.75, 3.05) is 20.2 Å². The van der Waals surface area contributed by atoms with Crippen LogP contribution < -0.4 is 15.4 Å². The van der Waals surface area contributed by atoms with Crippen LogP contribution in [-0.2, 0) is 14.4 Å². The number of aromatic nitrogens is 1. The summed E-state index contributed by atoms with van der Waals surface area (Å²) in [6, 6.07) is 5.87. The lowest BCUT2D eigenvalue weighted by atomic mass is 9.91. The molecule has 5 rings (SSSR count). The molecule has 0 saturated carbocycles. The lowest BCUT2D eigenvalue weighted by Gasteiger charge is -2.29. The fraction of sp³-hybridized carbons (Fsp3) is 0.481. The Morgan fingerprint density at radius 3 is 2.83 bits per heavy atom. The molecule has 1 aromatic carbocycles. The van der Waals surface area contributed by atoms with Gasteiger partial charge in [0, 0.05) is 42.2 Å². The average molecular weight is 493 g/mol. The van der Waals surface area contributed by atoms with Crippen molar-refractivity contribution < 1.29 is 23.9 Å². The van der Waals surface area contributed by atoms with Gasteiger partial charge in [-0.05, 0) is 43.4 Å². The lowest BCUT2D eigenvalue weighted by molar-refractivity contribution is -0.132. The van der Waals surface area contributed by atoms with Gasteiger partial charge in [-0.2, -0.15) is 0 Å². The number of carbonyl (C=O) groups is 4. The molecule has 0 radical (unpaired) electrons. The molecule has 2 saturated heterocycles. The van der Waals surface area contributed by atoms with E-state index in [0.29, 0.717) is 37.4 Å². The summed E-state index contributed by atoms with van der Waals surface area (Å²) in [6.07, 6.45) is 6.02. The number of ketones is 1. The molecule has 3 N–H and O–H groups in total. The first-order valence-corrected chi connectivity index (χ1v) is 12.7. The van der Waals surface area contributed by atoms with E-state index in [-0.39, 0.29) is 54.1 Å². The monoisotopic (exact) mass is 492 g/mol. The average Bonchev–Trinajstić information content (AvgIpc) is 3.66. The second-order valence-electron chi connectivity index (χ2n) is 9.89. The first-order valence-electron chi connectivity index (χ1n) is 12.7. The molecule has 5 atom stereocenters. The van der Waals surface area contributed by atoms with E-state index in [1.807, 2.05) is 18.2 Å².